The minimum Gasteiger partial charge on any atom is -0.463 e. The Balaban J connectivity index is 1.49. The van der Waals surface area contributed by atoms with Gasteiger partial charge in [0, 0.05) is 47.3 Å². The van der Waals surface area contributed by atoms with Gasteiger partial charge >= 0.3 is 12.2 Å². The number of aromatic nitrogens is 3. The molecule has 6 nitrogen and oxygen atoms in total. The summed E-state index contributed by atoms with van der Waals surface area (Å²) in [4.78, 5) is 15.1. The maximum atomic E-state index is 16.2. The summed E-state index contributed by atoms with van der Waals surface area (Å²) in [5, 5.41) is 5.81. The van der Waals surface area contributed by atoms with Crippen molar-refractivity contribution in [1.29, 1.82) is 0 Å². The van der Waals surface area contributed by atoms with Crippen molar-refractivity contribution in [3.05, 3.63) is 53.4 Å². The number of hydrogen-bond donors (Lipinski definition) is 1. The first-order valence-electron chi connectivity index (χ1n) is 12.0. The highest BCUT2D eigenvalue weighted by Gasteiger charge is 2.34. The molecule has 2 aliphatic rings. The normalized spacial score (nSPS) is 19.6. The van der Waals surface area contributed by atoms with Crippen molar-refractivity contribution >= 4 is 39.1 Å². The maximum Gasteiger partial charge on any atom is 0.392 e. The van der Waals surface area contributed by atoms with Crippen LogP contribution in [0.15, 0.2) is 42.6 Å². The summed E-state index contributed by atoms with van der Waals surface area (Å²) in [5.74, 6) is -0.313. The van der Waals surface area contributed by atoms with Crippen molar-refractivity contribution in [1.82, 2.24) is 20.3 Å². The second-order valence-corrected chi connectivity index (χ2v) is 9.82. The second kappa shape index (κ2) is 9.25. The van der Waals surface area contributed by atoms with Gasteiger partial charge in [0.25, 0.3) is 0 Å². The van der Waals surface area contributed by atoms with Crippen molar-refractivity contribution in [3.8, 4) is 17.3 Å². The average molecular weight is 532 g/mol. The number of rotatable bonds is 5. The minimum atomic E-state index is -4.40. The fourth-order valence-corrected chi connectivity index (χ4v) is 5.52. The van der Waals surface area contributed by atoms with E-state index in [9.17, 15) is 13.2 Å². The van der Waals surface area contributed by atoms with Gasteiger partial charge < -0.3 is 15.0 Å². The molecule has 0 aliphatic carbocycles. The van der Waals surface area contributed by atoms with E-state index in [-0.39, 0.29) is 29.3 Å². The van der Waals surface area contributed by atoms with E-state index >= 15 is 4.39 Å². The fourth-order valence-electron chi connectivity index (χ4n) is 5.24. The SMILES string of the molecule is Fc1c(-c2cccc3cccc(Cl)c23)ncc2c(N3C[C@H]4CC[C@@H](C3)N4)nc(OCCC(F)(F)F)nc12. The summed E-state index contributed by atoms with van der Waals surface area (Å²) in [7, 11) is 0. The average Bonchev–Trinajstić information content (AvgIpc) is 3.20. The molecule has 2 aromatic heterocycles. The van der Waals surface area contributed by atoms with Crippen LogP contribution in [0.2, 0.25) is 5.02 Å². The van der Waals surface area contributed by atoms with Crippen LogP contribution in [0.4, 0.5) is 23.4 Å². The summed E-state index contributed by atoms with van der Waals surface area (Å²) in [6.45, 7) is 0.597. The lowest BCUT2D eigenvalue weighted by Crippen LogP contribution is -2.51. The number of fused-ring (bicyclic) bond motifs is 4. The predicted molar refractivity (Wildman–Crippen MR) is 134 cm³/mol. The topological polar surface area (TPSA) is 63.2 Å². The van der Waals surface area contributed by atoms with E-state index in [0.717, 1.165) is 18.2 Å². The van der Waals surface area contributed by atoms with Gasteiger partial charge in [-0.25, -0.2) is 4.39 Å². The molecular formula is C26H22ClF4N5O. The Hall–Kier alpha value is -3.24. The van der Waals surface area contributed by atoms with Crippen LogP contribution in [0.25, 0.3) is 32.9 Å². The van der Waals surface area contributed by atoms with Gasteiger partial charge in [-0.1, -0.05) is 41.9 Å². The van der Waals surface area contributed by atoms with E-state index in [1.807, 2.05) is 23.1 Å². The van der Waals surface area contributed by atoms with Crippen LogP contribution < -0.4 is 15.0 Å². The van der Waals surface area contributed by atoms with Crippen molar-refractivity contribution in [3.63, 3.8) is 0 Å². The molecule has 2 atom stereocenters. The predicted octanol–water partition coefficient (Wildman–Crippen LogP) is 5.91. The number of halogens is 5. The first kappa shape index (κ1) is 24.1. The highest BCUT2D eigenvalue weighted by molar-refractivity contribution is 6.36. The lowest BCUT2D eigenvalue weighted by atomic mass is 10.0. The van der Waals surface area contributed by atoms with Crippen molar-refractivity contribution in [2.75, 3.05) is 24.6 Å². The maximum absolute atomic E-state index is 16.2. The molecule has 4 aromatic rings. The Labute approximate surface area is 214 Å². The summed E-state index contributed by atoms with van der Waals surface area (Å²) in [6.07, 6.45) is -2.02. The molecule has 0 unspecified atom stereocenters. The first-order chi connectivity index (χ1) is 17.8. The fraction of sp³-hybridized carbons (Fsp3) is 0.346. The molecule has 6 rings (SSSR count). The van der Waals surface area contributed by atoms with Crippen LogP contribution in [0.1, 0.15) is 19.3 Å². The number of alkyl halides is 3. The van der Waals surface area contributed by atoms with E-state index in [2.05, 4.69) is 20.3 Å². The number of hydrogen-bond acceptors (Lipinski definition) is 6. The van der Waals surface area contributed by atoms with Crippen molar-refractivity contribution < 1.29 is 22.3 Å². The zero-order chi connectivity index (χ0) is 25.7. The van der Waals surface area contributed by atoms with Gasteiger partial charge in [-0.3, -0.25) is 4.98 Å². The molecule has 2 aromatic carbocycles. The molecule has 0 radical (unpaired) electrons. The summed E-state index contributed by atoms with van der Waals surface area (Å²) >= 11 is 6.46. The molecule has 0 spiro atoms. The van der Waals surface area contributed by atoms with E-state index in [1.54, 1.807) is 18.2 Å². The Morgan fingerprint density at radius 1 is 1.05 bits per heavy atom. The molecule has 192 valence electrons. The van der Waals surface area contributed by atoms with Gasteiger partial charge in [-0.05, 0) is 24.3 Å². The Morgan fingerprint density at radius 2 is 1.78 bits per heavy atom. The highest BCUT2D eigenvalue weighted by Crippen LogP contribution is 2.38. The summed E-state index contributed by atoms with van der Waals surface area (Å²) < 4.78 is 59.6. The number of pyridine rings is 1. The molecular weight excluding hydrogens is 510 g/mol. The quantitative estimate of drug-likeness (QED) is 0.323. The lowest BCUT2D eigenvalue weighted by Gasteiger charge is -2.34. The molecule has 11 heteroatoms. The second-order valence-electron chi connectivity index (χ2n) is 9.41. The van der Waals surface area contributed by atoms with Crippen LogP contribution in [-0.4, -0.2) is 52.9 Å². The third-order valence-electron chi connectivity index (χ3n) is 6.89. The third kappa shape index (κ3) is 4.64. The van der Waals surface area contributed by atoms with Gasteiger partial charge in [-0.15, -0.1) is 0 Å². The van der Waals surface area contributed by atoms with Crippen molar-refractivity contribution in [2.45, 2.75) is 37.5 Å². The number of piperazine rings is 1. The smallest absolute Gasteiger partial charge is 0.392 e. The lowest BCUT2D eigenvalue weighted by molar-refractivity contribution is -0.139. The van der Waals surface area contributed by atoms with Crippen LogP contribution in [0.3, 0.4) is 0 Å². The number of ether oxygens (including phenoxy) is 1. The van der Waals surface area contributed by atoms with Gasteiger partial charge in [0.1, 0.15) is 23.6 Å². The van der Waals surface area contributed by atoms with Gasteiger partial charge in [-0.2, -0.15) is 23.1 Å². The molecule has 1 N–H and O–H groups in total. The van der Waals surface area contributed by atoms with Crippen LogP contribution in [0, 0.1) is 5.82 Å². The van der Waals surface area contributed by atoms with E-state index in [0.29, 0.717) is 40.3 Å². The van der Waals surface area contributed by atoms with Crippen LogP contribution in [-0.2, 0) is 0 Å². The van der Waals surface area contributed by atoms with E-state index in [4.69, 9.17) is 16.3 Å². The van der Waals surface area contributed by atoms with Gasteiger partial charge in [0.2, 0.25) is 0 Å². The Bertz CT molecular complexity index is 1480. The van der Waals surface area contributed by atoms with Crippen LogP contribution in [0.5, 0.6) is 6.01 Å². The zero-order valence-electron chi connectivity index (χ0n) is 19.5. The zero-order valence-corrected chi connectivity index (χ0v) is 20.3. The van der Waals surface area contributed by atoms with Gasteiger partial charge in [0.05, 0.1) is 11.8 Å². The standard InChI is InChI=1S/C26H22ClF4N5O/c27-19-6-2-4-14-3-1-5-17(20(14)19)22-21(28)23-18(11-32-22)24(36-12-15-7-8-16(13-36)33-15)35-25(34-23)37-10-9-26(29,30)31/h1-6,11,15-16,33H,7-10,12-13H2/t15-,16+. The largest absolute Gasteiger partial charge is 0.463 e. The minimum absolute atomic E-state index is 0.0393. The first-order valence-corrected chi connectivity index (χ1v) is 12.4. The molecule has 4 heterocycles. The number of benzene rings is 2. The Morgan fingerprint density at radius 3 is 2.51 bits per heavy atom. The number of nitrogens with zero attached hydrogens (tertiary/aromatic N) is 4. The van der Waals surface area contributed by atoms with E-state index in [1.165, 1.54) is 6.20 Å². The van der Waals surface area contributed by atoms with Crippen LogP contribution >= 0.6 is 11.6 Å². The van der Waals surface area contributed by atoms with Crippen molar-refractivity contribution in [2.24, 2.45) is 0 Å². The third-order valence-corrected chi connectivity index (χ3v) is 7.20. The molecule has 0 amide bonds. The number of anilines is 1. The molecule has 2 saturated heterocycles. The molecule has 2 bridgehead atoms. The molecule has 2 aliphatic heterocycles. The molecule has 37 heavy (non-hydrogen) atoms. The monoisotopic (exact) mass is 531 g/mol. The summed E-state index contributed by atoms with van der Waals surface area (Å²) in [5.41, 5.74) is 0.465. The Kier molecular flexibility index (Phi) is 6.03. The highest BCUT2D eigenvalue weighted by atomic mass is 35.5. The molecule has 2 fully saturated rings. The van der Waals surface area contributed by atoms with Gasteiger partial charge in [0.15, 0.2) is 5.82 Å². The molecule has 0 saturated carbocycles. The van der Waals surface area contributed by atoms with E-state index < -0.39 is 25.0 Å². The number of nitrogens with one attached hydrogen (secondary N) is 1. The summed E-state index contributed by atoms with van der Waals surface area (Å²) in [6, 6.07) is 11.0.